The Morgan fingerprint density at radius 2 is 2.09 bits per heavy atom. The molecule has 1 saturated heterocycles. The van der Waals surface area contributed by atoms with E-state index in [-0.39, 0.29) is 23.9 Å². The number of fused-ring (bicyclic) bond motifs is 1. The van der Waals surface area contributed by atoms with Gasteiger partial charge in [-0.1, -0.05) is 46.3 Å². The monoisotopic (exact) mass is 451 g/mol. The maximum Gasteiger partial charge on any atom is 0.274 e. The molecule has 0 radical (unpaired) electrons. The highest BCUT2D eigenvalue weighted by atomic mass is 32.1. The van der Waals surface area contributed by atoms with Crippen molar-refractivity contribution in [2.75, 3.05) is 12.3 Å². The number of aromatic nitrogens is 2. The number of anilines is 1. The van der Waals surface area contributed by atoms with Crippen molar-refractivity contribution in [1.82, 2.24) is 20.4 Å². The third-order valence-electron chi connectivity index (χ3n) is 6.33. The maximum absolute atomic E-state index is 13.6. The minimum atomic E-state index is -0.229. The first kappa shape index (κ1) is 20.7. The molecule has 8 nitrogen and oxygen atoms in total. The van der Waals surface area contributed by atoms with Crippen LogP contribution in [-0.2, 0) is 0 Å². The summed E-state index contributed by atoms with van der Waals surface area (Å²) < 4.78 is 5.10. The Morgan fingerprint density at radius 3 is 2.81 bits per heavy atom. The largest absolute Gasteiger partial charge is 0.375 e. The Bertz CT molecular complexity index is 1200. The predicted molar refractivity (Wildman–Crippen MR) is 121 cm³/mol. The molecule has 32 heavy (non-hydrogen) atoms. The van der Waals surface area contributed by atoms with E-state index in [0.29, 0.717) is 40.3 Å². The van der Waals surface area contributed by atoms with Crippen LogP contribution in [0.15, 0.2) is 28.8 Å². The molecule has 5 rings (SSSR count). The molecule has 3 heterocycles. The smallest absolute Gasteiger partial charge is 0.274 e. The van der Waals surface area contributed by atoms with Gasteiger partial charge in [0.15, 0.2) is 5.13 Å². The summed E-state index contributed by atoms with van der Waals surface area (Å²) in [6.07, 6.45) is 1.87. The van der Waals surface area contributed by atoms with E-state index in [1.165, 1.54) is 11.3 Å². The zero-order valence-corrected chi connectivity index (χ0v) is 19.0. The Morgan fingerprint density at radius 1 is 1.28 bits per heavy atom. The zero-order valence-electron chi connectivity index (χ0n) is 18.2. The van der Waals surface area contributed by atoms with Crippen LogP contribution in [0.4, 0.5) is 5.13 Å². The van der Waals surface area contributed by atoms with E-state index < -0.39 is 0 Å². The Kier molecular flexibility index (Phi) is 5.00. The molecule has 1 aliphatic carbocycles. The molecule has 2 amide bonds. The summed E-state index contributed by atoms with van der Waals surface area (Å²) in [6, 6.07) is 8.12. The number of hydrogen-bond donors (Lipinski definition) is 2. The predicted octanol–water partition coefficient (Wildman–Crippen LogP) is 3.34. The summed E-state index contributed by atoms with van der Waals surface area (Å²) >= 11 is 1.33. The standard InChI is InChI=1S/C23H25N5O3S/c1-11-5-4-6-14(7-11)20-19(26-23(24)32-20)22(30)28-16(8-15-9-17(15)28)10-25-21(29)18-12(2)27-31-13(18)3/h4-7,15-17H,8-10H2,1-3H3,(H2,24,26)(H,25,29)/t15-,16+,17+/m1/s1. The van der Waals surface area contributed by atoms with Gasteiger partial charge in [-0.2, -0.15) is 0 Å². The third-order valence-corrected chi connectivity index (χ3v) is 7.26. The van der Waals surface area contributed by atoms with E-state index in [4.69, 9.17) is 10.3 Å². The molecule has 1 aromatic carbocycles. The lowest BCUT2D eigenvalue weighted by Gasteiger charge is -2.27. The fraction of sp³-hybridized carbons (Fsp3) is 0.391. The number of amides is 2. The van der Waals surface area contributed by atoms with Crippen LogP contribution in [0.25, 0.3) is 10.4 Å². The molecule has 3 N–H and O–H groups in total. The number of carbonyl (C=O) groups excluding carboxylic acids is 2. The van der Waals surface area contributed by atoms with E-state index in [1.54, 1.807) is 13.8 Å². The van der Waals surface area contributed by atoms with Crippen LogP contribution in [0.5, 0.6) is 0 Å². The number of nitrogens with one attached hydrogen (secondary N) is 1. The second-order valence-electron chi connectivity index (χ2n) is 8.67. The van der Waals surface area contributed by atoms with Gasteiger partial charge in [0, 0.05) is 12.6 Å². The quantitative estimate of drug-likeness (QED) is 0.615. The topological polar surface area (TPSA) is 114 Å². The number of nitrogens with zero attached hydrogens (tertiary/aromatic N) is 3. The normalized spacial score (nSPS) is 21.5. The van der Waals surface area contributed by atoms with E-state index >= 15 is 0 Å². The SMILES string of the molecule is Cc1cccc(-c2sc(N)nc2C(=O)N2[C@H](CNC(=O)c3c(C)noc3C)C[C@@H]3C[C@@H]32)c1. The highest BCUT2D eigenvalue weighted by Crippen LogP contribution is 2.49. The van der Waals surface area contributed by atoms with Crippen molar-refractivity contribution in [2.45, 2.75) is 45.7 Å². The van der Waals surface area contributed by atoms with Crippen LogP contribution in [-0.4, -0.2) is 45.5 Å². The lowest BCUT2D eigenvalue weighted by Crippen LogP contribution is -2.45. The van der Waals surface area contributed by atoms with E-state index in [0.717, 1.165) is 28.8 Å². The molecule has 0 spiro atoms. The fourth-order valence-electron chi connectivity index (χ4n) is 4.75. The van der Waals surface area contributed by atoms with Crippen LogP contribution in [0.1, 0.15) is 50.7 Å². The minimum absolute atomic E-state index is 0.0797. The fourth-order valence-corrected chi connectivity index (χ4v) is 5.57. The average Bonchev–Trinajstić information content (AvgIpc) is 3.07. The number of carbonyl (C=O) groups is 2. The number of nitrogens with two attached hydrogens (primary N) is 1. The Hall–Kier alpha value is -3.20. The van der Waals surface area contributed by atoms with E-state index in [1.807, 2.05) is 36.1 Å². The van der Waals surface area contributed by atoms with Crippen LogP contribution >= 0.6 is 11.3 Å². The van der Waals surface area contributed by atoms with Gasteiger partial charge in [0.25, 0.3) is 11.8 Å². The molecule has 2 aliphatic rings. The molecule has 2 aromatic heterocycles. The summed E-state index contributed by atoms with van der Waals surface area (Å²) in [5.41, 5.74) is 9.48. The summed E-state index contributed by atoms with van der Waals surface area (Å²) in [4.78, 5) is 33.4. The summed E-state index contributed by atoms with van der Waals surface area (Å²) in [6.45, 7) is 5.85. The zero-order chi connectivity index (χ0) is 22.6. The number of likely N-dealkylation sites (tertiary alicyclic amines) is 1. The second kappa shape index (κ2) is 7.74. The molecular formula is C23H25N5O3S. The minimum Gasteiger partial charge on any atom is -0.375 e. The molecule has 1 aliphatic heterocycles. The van der Waals surface area contributed by atoms with Crippen LogP contribution < -0.4 is 11.1 Å². The van der Waals surface area contributed by atoms with Crippen LogP contribution in [0.2, 0.25) is 0 Å². The first-order valence-corrected chi connectivity index (χ1v) is 11.5. The molecule has 0 bridgehead atoms. The number of hydrogen-bond acceptors (Lipinski definition) is 7. The van der Waals surface area contributed by atoms with E-state index in [2.05, 4.69) is 15.5 Å². The third kappa shape index (κ3) is 3.56. The van der Waals surface area contributed by atoms with Crippen molar-refractivity contribution in [2.24, 2.45) is 5.92 Å². The summed E-state index contributed by atoms with van der Waals surface area (Å²) in [5, 5.41) is 7.19. The lowest BCUT2D eigenvalue weighted by molar-refractivity contribution is 0.0684. The number of rotatable bonds is 5. The summed E-state index contributed by atoms with van der Waals surface area (Å²) in [5.74, 6) is 0.630. The van der Waals surface area contributed by atoms with Gasteiger partial charge in [-0.15, -0.1) is 0 Å². The van der Waals surface area contributed by atoms with Gasteiger partial charge in [0.2, 0.25) is 0 Å². The highest BCUT2D eigenvalue weighted by Gasteiger charge is 2.54. The molecular weight excluding hydrogens is 426 g/mol. The van der Waals surface area contributed by atoms with Crippen molar-refractivity contribution < 1.29 is 14.1 Å². The second-order valence-corrected chi connectivity index (χ2v) is 9.70. The number of aryl methyl sites for hydroxylation is 3. The van der Waals surface area contributed by atoms with Crippen LogP contribution in [0, 0.1) is 26.7 Å². The number of piperidine rings is 1. The van der Waals surface area contributed by atoms with Crippen molar-refractivity contribution >= 4 is 28.3 Å². The van der Waals surface area contributed by atoms with E-state index in [9.17, 15) is 9.59 Å². The van der Waals surface area contributed by atoms with Gasteiger partial charge >= 0.3 is 0 Å². The first-order valence-electron chi connectivity index (χ1n) is 10.7. The average molecular weight is 452 g/mol. The summed E-state index contributed by atoms with van der Waals surface area (Å²) in [7, 11) is 0. The number of nitrogen functional groups attached to an aromatic ring is 1. The van der Waals surface area contributed by atoms with Gasteiger partial charge in [0.05, 0.1) is 16.6 Å². The number of benzene rings is 1. The molecule has 9 heteroatoms. The molecule has 3 atom stereocenters. The highest BCUT2D eigenvalue weighted by molar-refractivity contribution is 7.19. The molecule has 3 aromatic rings. The van der Waals surface area contributed by atoms with Crippen LogP contribution in [0.3, 0.4) is 0 Å². The maximum atomic E-state index is 13.6. The van der Waals surface area contributed by atoms with Crippen molar-refractivity contribution in [3.05, 3.63) is 52.5 Å². The Labute approximate surface area is 189 Å². The van der Waals surface area contributed by atoms with Gasteiger partial charge in [-0.25, -0.2) is 4.98 Å². The first-order chi connectivity index (χ1) is 15.3. The molecule has 1 saturated carbocycles. The van der Waals surface area contributed by atoms with Gasteiger partial charge in [-0.05, 0) is 45.1 Å². The van der Waals surface area contributed by atoms with Gasteiger partial charge in [-0.3, -0.25) is 9.59 Å². The van der Waals surface area contributed by atoms with Crippen molar-refractivity contribution in [3.8, 4) is 10.4 Å². The van der Waals surface area contributed by atoms with Crippen molar-refractivity contribution in [3.63, 3.8) is 0 Å². The van der Waals surface area contributed by atoms with Crippen molar-refractivity contribution in [1.29, 1.82) is 0 Å². The number of thiazole rings is 1. The van der Waals surface area contributed by atoms with Gasteiger partial charge in [0.1, 0.15) is 17.0 Å². The molecule has 0 unspecified atom stereocenters. The van der Waals surface area contributed by atoms with Gasteiger partial charge < -0.3 is 20.5 Å². The lowest BCUT2D eigenvalue weighted by atomic mass is 10.1. The Balaban J connectivity index is 1.37. The molecule has 2 fully saturated rings. The molecule has 166 valence electrons.